The van der Waals surface area contributed by atoms with Crippen LogP contribution >= 0.6 is 0 Å². The molecule has 32 heavy (non-hydrogen) atoms. The van der Waals surface area contributed by atoms with Gasteiger partial charge in [-0.15, -0.1) is 0 Å². The van der Waals surface area contributed by atoms with E-state index < -0.39 is 12.0 Å². The molecule has 0 radical (unpaired) electrons. The Hall–Kier alpha value is -3.07. The second-order valence-electron chi connectivity index (χ2n) is 9.61. The van der Waals surface area contributed by atoms with E-state index in [9.17, 15) is 14.4 Å². The van der Waals surface area contributed by atoms with Crippen LogP contribution in [0.4, 0.5) is 10.5 Å². The van der Waals surface area contributed by atoms with Gasteiger partial charge in [0.2, 0.25) is 5.91 Å². The maximum Gasteiger partial charge on any atom is 0.407 e. The average Bonchev–Trinajstić information content (AvgIpc) is 3.01. The van der Waals surface area contributed by atoms with Crippen molar-refractivity contribution in [3.63, 3.8) is 0 Å². The van der Waals surface area contributed by atoms with Gasteiger partial charge in [0, 0.05) is 31.4 Å². The first-order chi connectivity index (χ1) is 14.5. The van der Waals surface area contributed by atoms with E-state index in [1.54, 1.807) is 24.4 Å². The number of hydrogen-bond donors (Lipinski definition) is 2. The van der Waals surface area contributed by atoms with Crippen LogP contribution in [0.5, 0.6) is 0 Å². The molecule has 0 aliphatic heterocycles. The summed E-state index contributed by atoms with van der Waals surface area (Å²) >= 11 is 0. The minimum absolute atomic E-state index is 0.0156. The van der Waals surface area contributed by atoms with E-state index in [0.29, 0.717) is 11.2 Å². The molecule has 9 heteroatoms. The van der Waals surface area contributed by atoms with Crippen LogP contribution in [0.25, 0.3) is 10.9 Å². The SMILES string of the molecule is CC(C)(C)OC(C)(C)C.CN(CC(=O)N(C)CC(=O)n1ccc2ccc(N)cc21)C(=O)O. The predicted octanol–water partition coefficient (Wildman–Crippen LogP) is 3.53. The molecule has 1 aromatic carbocycles. The van der Waals surface area contributed by atoms with E-state index in [0.717, 1.165) is 10.3 Å². The molecule has 1 aromatic heterocycles. The lowest BCUT2D eigenvalue weighted by atomic mass is 10.1. The molecule has 2 rings (SSSR count). The molecule has 0 saturated carbocycles. The lowest BCUT2D eigenvalue weighted by Crippen LogP contribution is -2.41. The van der Waals surface area contributed by atoms with Gasteiger partial charge in [-0.3, -0.25) is 14.2 Å². The Bertz CT molecular complexity index is 941. The number of nitrogens with zero attached hydrogens (tertiary/aromatic N) is 3. The molecule has 1 heterocycles. The summed E-state index contributed by atoms with van der Waals surface area (Å²) in [5.41, 5.74) is 6.91. The topological polar surface area (TPSA) is 118 Å². The minimum Gasteiger partial charge on any atom is -0.465 e. The molecular weight excluding hydrogens is 412 g/mol. The fourth-order valence-corrected chi connectivity index (χ4v) is 3.04. The first-order valence-electron chi connectivity index (χ1n) is 10.3. The zero-order valence-corrected chi connectivity index (χ0v) is 20.3. The number of ether oxygens (including phenoxy) is 1. The monoisotopic (exact) mass is 448 g/mol. The number of carboxylic acid groups (broad SMARTS) is 1. The standard InChI is InChI=1S/C15H18N4O4.C8H18O/c1-17(13(20)8-18(2)15(22)23)9-14(21)19-6-5-10-3-4-11(16)7-12(10)19;1-7(2,3)9-8(4,5)6/h3-7H,8-9,16H2,1-2H3,(H,22,23);1-6H3. The number of carbonyl (C=O) groups excluding carboxylic acids is 2. The van der Waals surface area contributed by atoms with Crippen molar-refractivity contribution in [1.29, 1.82) is 0 Å². The molecule has 2 aromatic rings. The number of nitrogens with two attached hydrogens (primary N) is 1. The number of fused-ring (bicyclic) bond motifs is 1. The lowest BCUT2D eigenvalue weighted by Gasteiger charge is -2.30. The number of likely N-dealkylation sites (N-methyl/N-ethyl adjacent to an activating group) is 2. The van der Waals surface area contributed by atoms with Crippen LogP contribution in [0.2, 0.25) is 0 Å². The first-order valence-corrected chi connectivity index (χ1v) is 10.3. The molecule has 0 spiro atoms. The molecule has 2 amide bonds. The highest BCUT2D eigenvalue weighted by molar-refractivity contribution is 5.96. The number of aromatic nitrogens is 1. The van der Waals surface area contributed by atoms with Crippen LogP contribution in [0.15, 0.2) is 30.5 Å². The fourth-order valence-electron chi connectivity index (χ4n) is 3.04. The number of carbonyl (C=O) groups is 3. The van der Waals surface area contributed by atoms with E-state index in [-0.39, 0.29) is 30.2 Å². The third kappa shape index (κ3) is 8.97. The van der Waals surface area contributed by atoms with Gasteiger partial charge in [0.1, 0.15) is 13.1 Å². The van der Waals surface area contributed by atoms with Gasteiger partial charge in [0.25, 0.3) is 5.91 Å². The van der Waals surface area contributed by atoms with Crippen molar-refractivity contribution in [2.24, 2.45) is 0 Å². The third-order valence-corrected chi connectivity index (χ3v) is 4.10. The Morgan fingerprint density at radius 2 is 1.53 bits per heavy atom. The molecule has 0 bridgehead atoms. The molecule has 0 unspecified atom stereocenters. The second-order valence-corrected chi connectivity index (χ2v) is 9.61. The van der Waals surface area contributed by atoms with E-state index in [2.05, 4.69) is 41.5 Å². The quantitative estimate of drug-likeness (QED) is 0.691. The van der Waals surface area contributed by atoms with Crippen molar-refractivity contribution in [3.8, 4) is 0 Å². The number of amides is 2. The van der Waals surface area contributed by atoms with E-state index in [1.165, 1.54) is 23.6 Å². The largest absolute Gasteiger partial charge is 0.465 e. The molecule has 0 atom stereocenters. The van der Waals surface area contributed by atoms with Crippen LogP contribution in [0.1, 0.15) is 46.3 Å². The molecular formula is C23H36N4O5. The van der Waals surface area contributed by atoms with Crippen LogP contribution in [0, 0.1) is 0 Å². The lowest BCUT2D eigenvalue weighted by molar-refractivity contribution is -0.130. The Kier molecular flexibility index (Phi) is 8.84. The number of rotatable bonds is 4. The number of nitrogen functional groups attached to an aromatic ring is 1. The van der Waals surface area contributed by atoms with Gasteiger partial charge in [-0.05, 0) is 59.7 Å². The summed E-state index contributed by atoms with van der Waals surface area (Å²) in [6.45, 7) is 11.9. The van der Waals surface area contributed by atoms with Gasteiger partial charge < -0.3 is 25.4 Å². The maximum atomic E-state index is 12.4. The molecule has 9 nitrogen and oxygen atoms in total. The summed E-state index contributed by atoms with van der Waals surface area (Å²) in [4.78, 5) is 37.1. The summed E-state index contributed by atoms with van der Waals surface area (Å²) in [6, 6.07) is 7.03. The van der Waals surface area contributed by atoms with Crippen molar-refractivity contribution < 1.29 is 24.2 Å². The Morgan fingerprint density at radius 1 is 0.969 bits per heavy atom. The predicted molar refractivity (Wildman–Crippen MR) is 126 cm³/mol. The minimum atomic E-state index is -1.20. The van der Waals surface area contributed by atoms with Crippen LogP contribution in [-0.4, -0.2) is 75.8 Å². The van der Waals surface area contributed by atoms with Crippen molar-refractivity contribution >= 4 is 34.5 Å². The normalized spacial score (nSPS) is 11.5. The van der Waals surface area contributed by atoms with Gasteiger partial charge in [0.05, 0.1) is 16.7 Å². The molecule has 3 N–H and O–H groups in total. The van der Waals surface area contributed by atoms with Gasteiger partial charge >= 0.3 is 6.09 Å². The van der Waals surface area contributed by atoms with Crippen LogP contribution in [-0.2, 0) is 9.53 Å². The van der Waals surface area contributed by atoms with Crippen LogP contribution < -0.4 is 5.73 Å². The van der Waals surface area contributed by atoms with Gasteiger partial charge in [-0.1, -0.05) is 6.07 Å². The molecule has 0 aliphatic carbocycles. The summed E-state index contributed by atoms with van der Waals surface area (Å²) in [6.07, 6.45) is 0.415. The molecule has 0 saturated heterocycles. The van der Waals surface area contributed by atoms with Crippen molar-refractivity contribution in [3.05, 3.63) is 30.5 Å². The number of anilines is 1. The van der Waals surface area contributed by atoms with Gasteiger partial charge in [0.15, 0.2) is 0 Å². The summed E-state index contributed by atoms with van der Waals surface area (Å²) in [5.74, 6) is -0.765. The summed E-state index contributed by atoms with van der Waals surface area (Å²) in [7, 11) is 2.74. The molecule has 0 aliphatic rings. The highest BCUT2D eigenvalue weighted by Crippen LogP contribution is 2.19. The van der Waals surface area contributed by atoms with E-state index in [4.69, 9.17) is 15.6 Å². The average molecular weight is 449 g/mol. The number of hydrogen-bond acceptors (Lipinski definition) is 5. The second kappa shape index (κ2) is 10.5. The van der Waals surface area contributed by atoms with E-state index in [1.807, 2.05) is 6.07 Å². The summed E-state index contributed by atoms with van der Waals surface area (Å²) < 4.78 is 7.05. The van der Waals surface area contributed by atoms with E-state index >= 15 is 0 Å². The number of benzene rings is 1. The highest BCUT2D eigenvalue weighted by atomic mass is 16.5. The smallest absolute Gasteiger partial charge is 0.407 e. The Balaban J connectivity index is 0.000000482. The van der Waals surface area contributed by atoms with Crippen LogP contribution in [0.3, 0.4) is 0 Å². The van der Waals surface area contributed by atoms with Crippen molar-refractivity contribution in [2.45, 2.75) is 52.7 Å². The maximum absolute atomic E-state index is 12.4. The highest BCUT2D eigenvalue weighted by Gasteiger charge is 2.20. The van der Waals surface area contributed by atoms with Crippen molar-refractivity contribution in [2.75, 3.05) is 32.9 Å². The zero-order valence-electron chi connectivity index (χ0n) is 20.3. The zero-order chi connectivity index (χ0) is 24.9. The molecule has 178 valence electrons. The van der Waals surface area contributed by atoms with Gasteiger partial charge in [-0.2, -0.15) is 0 Å². The fraction of sp³-hybridized carbons (Fsp3) is 0.522. The third-order valence-electron chi connectivity index (χ3n) is 4.10. The summed E-state index contributed by atoms with van der Waals surface area (Å²) in [5, 5.41) is 9.63. The van der Waals surface area contributed by atoms with Crippen molar-refractivity contribution in [1.82, 2.24) is 14.4 Å². The Morgan fingerprint density at radius 3 is 2.00 bits per heavy atom. The molecule has 0 fully saturated rings. The first kappa shape index (κ1) is 27.0. The Labute approximate surface area is 189 Å². The van der Waals surface area contributed by atoms with Gasteiger partial charge in [-0.25, -0.2) is 4.79 Å².